The van der Waals surface area contributed by atoms with Gasteiger partial charge in [0.25, 0.3) is 0 Å². The van der Waals surface area contributed by atoms with Gasteiger partial charge in [-0.25, -0.2) is 0 Å². The topological polar surface area (TPSA) is 85.3 Å². The maximum atomic E-state index is 11.5. The van der Waals surface area contributed by atoms with E-state index in [1.165, 1.54) is 5.56 Å². The van der Waals surface area contributed by atoms with Crippen molar-refractivity contribution in [2.45, 2.75) is 65.4 Å². The molecule has 1 fully saturated rings. The molecule has 0 aromatic heterocycles. The lowest BCUT2D eigenvalue weighted by molar-refractivity contribution is -0.00958. The molecule has 1 aliphatic carbocycles. The number of benzene rings is 2. The van der Waals surface area contributed by atoms with Crippen molar-refractivity contribution in [2.75, 3.05) is 6.61 Å². The van der Waals surface area contributed by atoms with Crippen LogP contribution in [0.4, 0.5) is 0 Å². The van der Waals surface area contributed by atoms with Crippen molar-refractivity contribution in [1.29, 1.82) is 5.26 Å². The van der Waals surface area contributed by atoms with Gasteiger partial charge in [0, 0.05) is 18.1 Å². The minimum Gasteiger partial charge on any atom is -0.407 e. The van der Waals surface area contributed by atoms with Crippen LogP contribution in [0.5, 0.6) is 0 Å². The van der Waals surface area contributed by atoms with Crippen molar-refractivity contribution in [3.05, 3.63) is 75.9 Å². The Morgan fingerprint density at radius 3 is 2.53 bits per heavy atom. The zero-order chi connectivity index (χ0) is 24.7. The van der Waals surface area contributed by atoms with E-state index in [0.717, 1.165) is 41.4 Å². The number of allylic oxidation sites excluding steroid dienone is 1. The number of nitrogens with two attached hydrogens (primary N) is 1. The minimum absolute atomic E-state index is 0.0506. The fourth-order valence-electron chi connectivity index (χ4n) is 4.76. The molecule has 1 aliphatic heterocycles. The summed E-state index contributed by atoms with van der Waals surface area (Å²) in [5.74, 6) is -0.317. The molecule has 4 rings (SSSR count). The van der Waals surface area contributed by atoms with E-state index < -0.39 is 18.6 Å². The third-order valence-electron chi connectivity index (χ3n) is 7.89. The van der Waals surface area contributed by atoms with Crippen molar-refractivity contribution < 1.29 is 14.1 Å². The number of rotatable bonds is 3. The lowest BCUT2D eigenvalue weighted by atomic mass is 9.69. The molecule has 6 heteroatoms. The number of carbonyl (C=O) groups is 1. The van der Waals surface area contributed by atoms with Crippen LogP contribution in [0.3, 0.4) is 0 Å². The number of primary amides is 1. The average Bonchev–Trinajstić information content (AvgIpc) is 3.02. The second-order valence-electron chi connectivity index (χ2n) is 10.7. The van der Waals surface area contributed by atoms with Gasteiger partial charge in [0.05, 0.1) is 17.2 Å². The number of amides is 1. The van der Waals surface area contributed by atoms with Crippen molar-refractivity contribution >= 4 is 18.5 Å². The maximum Gasteiger partial charge on any atom is 0.494 e. The molecule has 2 N–H and O–H groups in total. The summed E-state index contributed by atoms with van der Waals surface area (Å²) in [5, 5.41) is 9.71. The first-order valence-electron chi connectivity index (χ1n) is 12.0. The third kappa shape index (κ3) is 4.55. The average molecular weight is 456 g/mol. The second kappa shape index (κ2) is 9.05. The van der Waals surface area contributed by atoms with Gasteiger partial charge >= 0.3 is 7.12 Å². The van der Waals surface area contributed by atoms with E-state index in [2.05, 4.69) is 45.9 Å². The van der Waals surface area contributed by atoms with Crippen molar-refractivity contribution in [3.8, 4) is 6.07 Å². The predicted octanol–water partition coefficient (Wildman–Crippen LogP) is 5.35. The highest BCUT2D eigenvalue weighted by atomic mass is 16.6. The second-order valence-corrected chi connectivity index (χ2v) is 10.7. The molecule has 0 saturated carbocycles. The summed E-state index contributed by atoms with van der Waals surface area (Å²) >= 11 is 0. The zero-order valence-electron chi connectivity index (χ0n) is 20.8. The zero-order valence-corrected chi connectivity index (χ0v) is 20.8. The molecule has 34 heavy (non-hydrogen) atoms. The van der Waals surface area contributed by atoms with Crippen molar-refractivity contribution in [1.82, 2.24) is 0 Å². The SMILES string of the molecule is Cc1cc2c(cc1C#N)C(B1OCCC(C)(C)C(C)(C)O1)=CC(c1ccc(C(N)=O)cc1)CC2. The summed E-state index contributed by atoms with van der Waals surface area (Å²) in [5.41, 5.74) is 11.4. The minimum atomic E-state index is -0.532. The highest BCUT2D eigenvalue weighted by molar-refractivity contribution is 6.68. The van der Waals surface area contributed by atoms with Gasteiger partial charge in [0.1, 0.15) is 0 Å². The third-order valence-corrected chi connectivity index (χ3v) is 7.89. The number of carbonyl (C=O) groups excluding carboxylic acids is 1. The Balaban J connectivity index is 1.82. The first-order chi connectivity index (χ1) is 16.0. The molecule has 2 aliphatic rings. The Kier molecular flexibility index (Phi) is 6.46. The molecule has 5 nitrogen and oxygen atoms in total. The van der Waals surface area contributed by atoms with Crippen LogP contribution in [0.25, 0.3) is 5.47 Å². The number of nitriles is 1. The summed E-state index contributed by atoms with van der Waals surface area (Å²) in [7, 11) is -0.532. The van der Waals surface area contributed by atoms with E-state index >= 15 is 0 Å². The van der Waals surface area contributed by atoms with Crippen LogP contribution in [-0.2, 0) is 15.7 Å². The van der Waals surface area contributed by atoms with Crippen LogP contribution < -0.4 is 5.73 Å². The number of fused-ring (bicyclic) bond motifs is 1. The van der Waals surface area contributed by atoms with Crippen LogP contribution in [0, 0.1) is 23.7 Å². The Labute approximate surface area is 203 Å². The standard InChI is InChI=1S/C28H33BN2O3/c1-18-14-22-11-10-21(19-6-8-20(9-7-19)26(31)32)16-25(24(22)15-23(18)17-30)29-33-13-12-27(2,3)28(4,5)34-29/h6-9,14-16,21H,10-13H2,1-5H3,(H2,31,32). The molecular formula is C28H33BN2O3. The number of hydrogen-bond donors (Lipinski definition) is 1. The Hall–Kier alpha value is -2.88. The molecule has 1 amide bonds. The largest absolute Gasteiger partial charge is 0.494 e. The Morgan fingerprint density at radius 2 is 1.88 bits per heavy atom. The monoisotopic (exact) mass is 456 g/mol. The van der Waals surface area contributed by atoms with Gasteiger partial charge in [-0.3, -0.25) is 4.79 Å². The summed E-state index contributed by atoms with van der Waals surface area (Å²) in [6, 6.07) is 14.0. The summed E-state index contributed by atoms with van der Waals surface area (Å²) < 4.78 is 13.0. The quantitative estimate of drug-likeness (QED) is 0.631. The highest BCUT2D eigenvalue weighted by Crippen LogP contribution is 2.43. The molecule has 1 unspecified atom stereocenters. The molecule has 0 bridgehead atoms. The van der Waals surface area contributed by atoms with Crippen molar-refractivity contribution in [3.63, 3.8) is 0 Å². The van der Waals surface area contributed by atoms with E-state index in [9.17, 15) is 10.1 Å². The van der Waals surface area contributed by atoms with E-state index in [1.54, 1.807) is 12.1 Å². The van der Waals surface area contributed by atoms with Gasteiger partial charge in [0.15, 0.2) is 0 Å². The number of hydrogen-bond acceptors (Lipinski definition) is 4. The van der Waals surface area contributed by atoms with E-state index in [0.29, 0.717) is 17.7 Å². The molecule has 2 aromatic rings. The van der Waals surface area contributed by atoms with Gasteiger partial charge < -0.3 is 15.0 Å². The molecule has 176 valence electrons. The van der Waals surface area contributed by atoms with Crippen LogP contribution in [0.2, 0.25) is 0 Å². The van der Waals surface area contributed by atoms with Gasteiger partial charge in [0.2, 0.25) is 5.91 Å². The highest BCUT2D eigenvalue weighted by Gasteiger charge is 2.45. The molecule has 1 atom stereocenters. The first kappa shape index (κ1) is 24.3. The van der Waals surface area contributed by atoms with E-state index in [1.807, 2.05) is 25.1 Å². The summed E-state index contributed by atoms with van der Waals surface area (Å²) in [4.78, 5) is 11.5. The molecule has 1 saturated heterocycles. The van der Waals surface area contributed by atoms with Gasteiger partial charge in [-0.15, -0.1) is 0 Å². The number of nitrogens with zero attached hydrogens (tertiary/aromatic N) is 1. The number of aryl methyl sites for hydroxylation is 2. The van der Waals surface area contributed by atoms with Gasteiger partial charge in [-0.05, 0) is 91.4 Å². The Bertz CT molecular complexity index is 1180. The van der Waals surface area contributed by atoms with Crippen molar-refractivity contribution in [2.24, 2.45) is 11.1 Å². The molecule has 1 heterocycles. The van der Waals surface area contributed by atoms with Crippen LogP contribution in [-0.4, -0.2) is 25.2 Å². The smallest absolute Gasteiger partial charge is 0.407 e. The summed E-state index contributed by atoms with van der Waals surface area (Å²) in [6.07, 6.45) is 4.90. The van der Waals surface area contributed by atoms with E-state index in [4.69, 9.17) is 15.0 Å². The van der Waals surface area contributed by atoms with Gasteiger partial charge in [-0.2, -0.15) is 5.26 Å². The molecule has 0 spiro atoms. The fraction of sp³-hybridized carbons (Fsp3) is 0.429. The van der Waals surface area contributed by atoms with Gasteiger partial charge in [-0.1, -0.05) is 38.1 Å². The van der Waals surface area contributed by atoms with E-state index in [-0.39, 0.29) is 11.3 Å². The first-order valence-corrected chi connectivity index (χ1v) is 12.0. The maximum absolute atomic E-state index is 11.5. The van der Waals surface area contributed by atoms with Crippen LogP contribution >= 0.6 is 0 Å². The molecular weight excluding hydrogens is 423 g/mol. The fourth-order valence-corrected chi connectivity index (χ4v) is 4.76. The van der Waals surface area contributed by atoms with Crippen LogP contribution in [0.15, 0.2) is 42.5 Å². The summed E-state index contributed by atoms with van der Waals surface area (Å²) in [6.45, 7) is 11.3. The van der Waals surface area contributed by atoms with Crippen LogP contribution in [0.1, 0.15) is 84.6 Å². The predicted molar refractivity (Wildman–Crippen MR) is 135 cm³/mol. The molecule has 2 aromatic carbocycles. The molecule has 0 radical (unpaired) electrons. The lowest BCUT2D eigenvalue weighted by Gasteiger charge is -2.40. The lowest BCUT2D eigenvalue weighted by Crippen LogP contribution is -2.44. The normalized spacial score (nSPS) is 21.5. The Morgan fingerprint density at radius 1 is 1.18 bits per heavy atom.